The maximum absolute atomic E-state index is 12.1. The third-order valence-corrected chi connectivity index (χ3v) is 3.71. The Labute approximate surface area is 167 Å². The van der Waals surface area contributed by atoms with Gasteiger partial charge in [0.1, 0.15) is 6.04 Å². The van der Waals surface area contributed by atoms with Crippen LogP contribution in [-0.2, 0) is 9.53 Å². The molecule has 2 amide bonds. The van der Waals surface area contributed by atoms with Gasteiger partial charge >= 0.3 is 0 Å². The van der Waals surface area contributed by atoms with Crippen LogP contribution in [0.1, 0.15) is 24.2 Å². The molecule has 1 rings (SSSR count). The van der Waals surface area contributed by atoms with Gasteiger partial charge in [0.15, 0.2) is 0 Å². The Bertz CT molecular complexity index is 525. The number of amides is 2. The average Bonchev–Trinajstić information content (AvgIpc) is 2.59. The van der Waals surface area contributed by atoms with Crippen molar-refractivity contribution in [3.05, 3.63) is 29.8 Å². The van der Waals surface area contributed by atoms with E-state index in [0.29, 0.717) is 17.8 Å². The van der Waals surface area contributed by atoms with Crippen LogP contribution in [0.25, 0.3) is 0 Å². The second-order valence-corrected chi connectivity index (χ2v) is 5.41. The summed E-state index contributed by atoms with van der Waals surface area (Å²) in [6, 6.07) is 5.97. The van der Waals surface area contributed by atoms with E-state index in [1.165, 1.54) is 7.11 Å². The van der Waals surface area contributed by atoms with Crippen LogP contribution >= 0.6 is 24.8 Å². The second kappa shape index (κ2) is 14.8. The van der Waals surface area contributed by atoms with Crippen molar-refractivity contribution in [2.45, 2.75) is 19.9 Å². The summed E-state index contributed by atoms with van der Waals surface area (Å²) in [5, 5.41) is 5.57. The predicted octanol–water partition coefficient (Wildman–Crippen LogP) is 1.51. The van der Waals surface area contributed by atoms with Crippen molar-refractivity contribution in [2.75, 3.05) is 45.2 Å². The summed E-state index contributed by atoms with van der Waals surface area (Å²) < 4.78 is 4.84. The van der Waals surface area contributed by atoms with Crippen molar-refractivity contribution < 1.29 is 14.3 Å². The molecule has 0 fully saturated rings. The number of halogens is 2. The Morgan fingerprint density at radius 1 is 1.15 bits per heavy atom. The Hall–Kier alpha value is -1.38. The van der Waals surface area contributed by atoms with Crippen LogP contribution in [-0.4, -0.2) is 62.7 Å². The molecular weight excluding hydrogens is 379 g/mol. The van der Waals surface area contributed by atoms with E-state index in [-0.39, 0.29) is 43.2 Å². The van der Waals surface area contributed by atoms with Crippen molar-refractivity contribution in [1.82, 2.24) is 10.2 Å². The number of carbonyl (C=O) groups excluding carboxylic acids is 2. The lowest BCUT2D eigenvalue weighted by Crippen LogP contribution is -2.39. The number of carbonyl (C=O) groups is 2. The highest BCUT2D eigenvalue weighted by atomic mass is 35.5. The number of ether oxygens (including phenoxy) is 1. The highest BCUT2D eigenvalue weighted by Gasteiger charge is 2.13. The van der Waals surface area contributed by atoms with Gasteiger partial charge in [-0.2, -0.15) is 0 Å². The Kier molecular flexibility index (Phi) is 15.2. The summed E-state index contributed by atoms with van der Waals surface area (Å²) >= 11 is 0. The van der Waals surface area contributed by atoms with Crippen molar-refractivity contribution in [3.63, 3.8) is 0 Å². The third kappa shape index (κ3) is 9.35. The molecular formula is C17H30Cl2N4O3. The molecule has 0 saturated carbocycles. The lowest BCUT2D eigenvalue weighted by Gasteiger charge is -2.18. The maximum Gasteiger partial charge on any atom is 0.251 e. The SMILES string of the molecule is CCN(CC)CCNC(=O)c1ccc(NC(=O)C(N)COC)cc1.Cl.Cl. The summed E-state index contributed by atoms with van der Waals surface area (Å²) in [7, 11) is 1.49. The number of nitrogens with zero attached hydrogens (tertiary/aromatic N) is 1. The standard InChI is InChI=1S/C17H28N4O3.2ClH/c1-4-21(5-2)11-10-19-16(22)13-6-8-14(9-7-13)20-17(23)15(18)12-24-3;;/h6-9,15H,4-5,10-12,18H2,1-3H3,(H,19,22)(H,20,23);2*1H. The monoisotopic (exact) mass is 408 g/mol. The molecule has 26 heavy (non-hydrogen) atoms. The number of nitrogens with one attached hydrogen (secondary N) is 2. The third-order valence-electron chi connectivity index (χ3n) is 3.71. The van der Waals surface area contributed by atoms with E-state index in [9.17, 15) is 9.59 Å². The molecule has 1 aromatic carbocycles. The van der Waals surface area contributed by atoms with Gasteiger partial charge < -0.3 is 26.0 Å². The fourth-order valence-electron chi connectivity index (χ4n) is 2.16. The average molecular weight is 409 g/mol. The summed E-state index contributed by atoms with van der Waals surface area (Å²) in [6.07, 6.45) is 0. The van der Waals surface area contributed by atoms with Crippen molar-refractivity contribution >= 4 is 42.3 Å². The van der Waals surface area contributed by atoms with Gasteiger partial charge in [-0.25, -0.2) is 0 Å². The number of likely N-dealkylation sites (N-methyl/N-ethyl adjacent to an activating group) is 1. The summed E-state index contributed by atoms with van der Waals surface area (Å²) in [5.41, 5.74) is 6.79. The Morgan fingerprint density at radius 2 is 1.73 bits per heavy atom. The van der Waals surface area contributed by atoms with Crippen molar-refractivity contribution in [2.24, 2.45) is 5.73 Å². The van der Waals surface area contributed by atoms with Crippen LogP contribution in [0.4, 0.5) is 5.69 Å². The van der Waals surface area contributed by atoms with E-state index in [1.54, 1.807) is 24.3 Å². The number of methoxy groups -OCH3 is 1. The lowest BCUT2D eigenvalue weighted by atomic mass is 10.2. The zero-order valence-corrected chi connectivity index (χ0v) is 17.1. The van der Waals surface area contributed by atoms with Crippen LogP contribution in [0.15, 0.2) is 24.3 Å². The van der Waals surface area contributed by atoms with Gasteiger partial charge in [-0.05, 0) is 37.4 Å². The fourth-order valence-corrected chi connectivity index (χ4v) is 2.16. The number of rotatable bonds is 10. The van der Waals surface area contributed by atoms with E-state index < -0.39 is 6.04 Å². The first-order chi connectivity index (χ1) is 11.5. The van der Waals surface area contributed by atoms with Crippen LogP contribution in [0.2, 0.25) is 0 Å². The topological polar surface area (TPSA) is 96.7 Å². The van der Waals surface area contributed by atoms with Crippen LogP contribution < -0.4 is 16.4 Å². The predicted molar refractivity (Wildman–Crippen MR) is 110 cm³/mol. The molecule has 0 heterocycles. The number of benzene rings is 1. The van der Waals surface area contributed by atoms with E-state index in [0.717, 1.165) is 19.6 Å². The molecule has 0 aliphatic carbocycles. The van der Waals surface area contributed by atoms with Gasteiger partial charge in [-0.15, -0.1) is 24.8 Å². The zero-order chi connectivity index (χ0) is 17.9. The van der Waals surface area contributed by atoms with E-state index in [1.807, 2.05) is 0 Å². The molecule has 1 unspecified atom stereocenters. The minimum atomic E-state index is -0.724. The molecule has 4 N–H and O–H groups in total. The smallest absolute Gasteiger partial charge is 0.251 e. The minimum Gasteiger partial charge on any atom is -0.383 e. The summed E-state index contributed by atoms with van der Waals surface area (Å²) in [6.45, 7) is 7.69. The molecule has 0 aliphatic rings. The first kappa shape index (κ1) is 26.8. The Balaban J connectivity index is 0. The maximum atomic E-state index is 12.1. The molecule has 1 aromatic rings. The van der Waals surface area contributed by atoms with Crippen LogP contribution in [0.5, 0.6) is 0 Å². The lowest BCUT2D eigenvalue weighted by molar-refractivity contribution is -0.118. The molecule has 150 valence electrons. The van der Waals surface area contributed by atoms with Gasteiger partial charge in [0.25, 0.3) is 5.91 Å². The fraction of sp³-hybridized carbons (Fsp3) is 0.529. The van der Waals surface area contributed by atoms with Gasteiger partial charge in [0.05, 0.1) is 6.61 Å². The highest BCUT2D eigenvalue weighted by Crippen LogP contribution is 2.10. The molecule has 0 spiro atoms. The second-order valence-electron chi connectivity index (χ2n) is 5.41. The van der Waals surface area contributed by atoms with E-state index >= 15 is 0 Å². The molecule has 7 nitrogen and oxygen atoms in total. The van der Waals surface area contributed by atoms with Crippen molar-refractivity contribution in [3.8, 4) is 0 Å². The Morgan fingerprint density at radius 3 is 2.23 bits per heavy atom. The molecule has 0 saturated heterocycles. The molecule has 0 aliphatic heterocycles. The molecule has 1 atom stereocenters. The first-order valence-electron chi connectivity index (χ1n) is 8.17. The van der Waals surface area contributed by atoms with E-state index in [2.05, 4.69) is 29.4 Å². The quantitative estimate of drug-likeness (QED) is 0.545. The largest absolute Gasteiger partial charge is 0.383 e. The van der Waals surface area contributed by atoms with Gasteiger partial charge in [-0.3, -0.25) is 9.59 Å². The number of hydrogen-bond donors (Lipinski definition) is 3. The van der Waals surface area contributed by atoms with Gasteiger partial charge in [0, 0.05) is 31.5 Å². The van der Waals surface area contributed by atoms with Gasteiger partial charge in [0.2, 0.25) is 5.91 Å². The van der Waals surface area contributed by atoms with Gasteiger partial charge in [-0.1, -0.05) is 13.8 Å². The molecule has 0 bridgehead atoms. The summed E-state index contributed by atoms with van der Waals surface area (Å²) in [5.74, 6) is -0.454. The van der Waals surface area contributed by atoms with Crippen LogP contribution in [0, 0.1) is 0 Å². The highest BCUT2D eigenvalue weighted by molar-refractivity contribution is 5.97. The zero-order valence-electron chi connectivity index (χ0n) is 15.5. The number of hydrogen-bond acceptors (Lipinski definition) is 5. The molecule has 0 radical (unpaired) electrons. The molecule has 0 aromatic heterocycles. The van der Waals surface area contributed by atoms with Crippen molar-refractivity contribution in [1.29, 1.82) is 0 Å². The minimum absolute atomic E-state index is 0. The van der Waals surface area contributed by atoms with Crippen LogP contribution in [0.3, 0.4) is 0 Å². The molecule has 9 heteroatoms. The number of anilines is 1. The number of nitrogens with two attached hydrogens (primary N) is 1. The normalized spacial score (nSPS) is 11.1. The van der Waals surface area contributed by atoms with E-state index in [4.69, 9.17) is 10.5 Å². The summed E-state index contributed by atoms with van der Waals surface area (Å²) in [4.78, 5) is 26.1. The first-order valence-corrected chi connectivity index (χ1v) is 8.17.